The van der Waals surface area contributed by atoms with E-state index in [1.54, 1.807) is 48.5 Å². The van der Waals surface area contributed by atoms with Crippen molar-refractivity contribution in [2.45, 2.75) is 0 Å². The number of carbonyl (C=O) groups is 3. The van der Waals surface area contributed by atoms with Gasteiger partial charge in [-0.05, 0) is 46.8 Å². The predicted molar refractivity (Wildman–Crippen MR) is 89.6 cm³/mol. The largest absolute Gasteiger partial charge is 0.325 e. The SMILES string of the molecule is O=C(CN1C(=O)c2ccccc2C1=O)Nc1ccc(-n2cnnn2)cc1. The van der Waals surface area contributed by atoms with Crippen LogP contribution in [0.3, 0.4) is 0 Å². The molecule has 0 saturated carbocycles. The van der Waals surface area contributed by atoms with Crippen molar-refractivity contribution >= 4 is 23.4 Å². The summed E-state index contributed by atoms with van der Waals surface area (Å²) >= 11 is 0. The van der Waals surface area contributed by atoms with Gasteiger partial charge in [-0.25, -0.2) is 4.68 Å². The number of aromatic nitrogens is 4. The van der Waals surface area contributed by atoms with Gasteiger partial charge in [-0.2, -0.15) is 0 Å². The lowest BCUT2D eigenvalue weighted by atomic mass is 10.1. The summed E-state index contributed by atoms with van der Waals surface area (Å²) in [4.78, 5) is 37.7. The van der Waals surface area contributed by atoms with Gasteiger partial charge in [-0.3, -0.25) is 19.3 Å². The molecule has 1 aliphatic rings. The van der Waals surface area contributed by atoms with E-state index < -0.39 is 17.7 Å². The Morgan fingerprint density at radius 2 is 1.62 bits per heavy atom. The third kappa shape index (κ3) is 2.71. The minimum Gasteiger partial charge on any atom is -0.325 e. The standard InChI is InChI=1S/C17H12N6O3/c24-15(9-22-16(25)13-3-1-2-4-14(13)17(22)26)19-11-5-7-12(8-6-11)23-10-18-20-21-23/h1-8,10H,9H2,(H,19,24). The van der Waals surface area contributed by atoms with Crippen LogP contribution in [0.4, 0.5) is 5.69 Å². The van der Waals surface area contributed by atoms with E-state index >= 15 is 0 Å². The highest BCUT2D eigenvalue weighted by Gasteiger charge is 2.36. The molecule has 0 fully saturated rings. The minimum atomic E-state index is -0.463. The topological polar surface area (TPSA) is 110 Å². The third-order valence-electron chi connectivity index (χ3n) is 3.94. The summed E-state index contributed by atoms with van der Waals surface area (Å²) in [7, 11) is 0. The lowest BCUT2D eigenvalue weighted by Crippen LogP contribution is -2.37. The van der Waals surface area contributed by atoms with E-state index in [1.807, 2.05) is 0 Å². The quantitative estimate of drug-likeness (QED) is 0.701. The van der Waals surface area contributed by atoms with Gasteiger partial charge < -0.3 is 5.32 Å². The number of tetrazole rings is 1. The van der Waals surface area contributed by atoms with E-state index in [0.717, 1.165) is 10.6 Å². The summed E-state index contributed by atoms with van der Waals surface area (Å²) in [5, 5.41) is 13.5. The van der Waals surface area contributed by atoms with Gasteiger partial charge in [0.05, 0.1) is 16.8 Å². The zero-order valence-electron chi connectivity index (χ0n) is 13.4. The summed E-state index contributed by atoms with van der Waals surface area (Å²) in [5.41, 5.74) is 1.89. The zero-order chi connectivity index (χ0) is 18.1. The molecule has 128 valence electrons. The van der Waals surface area contributed by atoms with Crippen LogP contribution in [-0.2, 0) is 4.79 Å². The summed E-state index contributed by atoms with van der Waals surface area (Å²) in [6, 6.07) is 13.3. The van der Waals surface area contributed by atoms with Crippen molar-refractivity contribution in [3.05, 3.63) is 66.0 Å². The molecular weight excluding hydrogens is 336 g/mol. The van der Waals surface area contributed by atoms with Gasteiger partial charge in [0.1, 0.15) is 12.9 Å². The number of rotatable bonds is 4. The molecule has 26 heavy (non-hydrogen) atoms. The average Bonchev–Trinajstić information content (AvgIpc) is 3.27. The first-order valence-corrected chi connectivity index (χ1v) is 7.72. The number of anilines is 1. The molecule has 0 bridgehead atoms. The molecule has 0 saturated heterocycles. The van der Waals surface area contributed by atoms with Crippen molar-refractivity contribution in [2.75, 3.05) is 11.9 Å². The molecule has 0 unspecified atom stereocenters. The fourth-order valence-corrected chi connectivity index (χ4v) is 2.70. The highest BCUT2D eigenvalue weighted by atomic mass is 16.2. The maximum Gasteiger partial charge on any atom is 0.262 e. The Hall–Kier alpha value is -3.88. The fourth-order valence-electron chi connectivity index (χ4n) is 2.70. The Morgan fingerprint density at radius 3 is 2.19 bits per heavy atom. The van der Waals surface area contributed by atoms with Crippen LogP contribution in [0.25, 0.3) is 5.69 Å². The van der Waals surface area contributed by atoms with Crippen LogP contribution in [0.15, 0.2) is 54.9 Å². The first kappa shape index (κ1) is 15.6. The van der Waals surface area contributed by atoms with Gasteiger partial charge in [0.2, 0.25) is 5.91 Å². The molecule has 0 spiro atoms. The molecule has 4 rings (SSSR count). The van der Waals surface area contributed by atoms with Crippen LogP contribution in [-0.4, -0.2) is 49.4 Å². The molecule has 9 nitrogen and oxygen atoms in total. The second-order valence-corrected chi connectivity index (χ2v) is 5.59. The summed E-state index contributed by atoms with van der Waals surface area (Å²) in [6.07, 6.45) is 1.45. The molecule has 0 radical (unpaired) electrons. The van der Waals surface area contributed by atoms with Crippen LogP contribution in [0.1, 0.15) is 20.7 Å². The second kappa shape index (κ2) is 6.20. The van der Waals surface area contributed by atoms with Crippen molar-refractivity contribution in [3.8, 4) is 5.69 Å². The van der Waals surface area contributed by atoms with Crippen LogP contribution in [0.5, 0.6) is 0 Å². The Bertz CT molecular complexity index is 963. The van der Waals surface area contributed by atoms with E-state index in [2.05, 4.69) is 20.8 Å². The van der Waals surface area contributed by atoms with E-state index in [1.165, 1.54) is 11.0 Å². The Kier molecular flexibility index (Phi) is 3.73. The van der Waals surface area contributed by atoms with Crippen LogP contribution in [0.2, 0.25) is 0 Å². The van der Waals surface area contributed by atoms with Crippen LogP contribution < -0.4 is 5.32 Å². The fraction of sp³-hybridized carbons (Fsp3) is 0.0588. The van der Waals surface area contributed by atoms with Gasteiger partial charge in [0.25, 0.3) is 11.8 Å². The molecule has 3 amide bonds. The second-order valence-electron chi connectivity index (χ2n) is 5.59. The third-order valence-corrected chi connectivity index (χ3v) is 3.94. The van der Waals surface area contributed by atoms with Crippen molar-refractivity contribution in [1.82, 2.24) is 25.1 Å². The molecule has 1 N–H and O–H groups in total. The van der Waals surface area contributed by atoms with Crippen molar-refractivity contribution in [1.29, 1.82) is 0 Å². The summed E-state index contributed by atoms with van der Waals surface area (Å²) in [6.45, 7) is -0.346. The van der Waals surface area contributed by atoms with E-state index in [9.17, 15) is 14.4 Å². The predicted octanol–water partition coefficient (Wildman–Crippen LogP) is 0.897. The number of hydrogen-bond acceptors (Lipinski definition) is 6. The lowest BCUT2D eigenvalue weighted by molar-refractivity contribution is -0.116. The molecule has 0 atom stereocenters. The van der Waals surface area contributed by atoms with Crippen molar-refractivity contribution < 1.29 is 14.4 Å². The minimum absolute atomic E-state index is 0.316. The molecule has 1 aliphatic heterocycles. The first-order valence-electron chi connectivity index (χ1n) is 7.72. The monoisotopic (exact) mass is 348 g/mol. The first-order chi connectivity index (χ1) is 12.6. The zero-order valence-corrected chi connectivity index (χ0v) is 13.4. The Labute approximate surface area is 147 Å². The molecular formula is C17H12N6O3. The van der Waals surface area contributed by atoms with Crippen LogP contribution in [0, 0.1) is 0 Å². The van der Waals surface area contributed by atoms with Gasteiger partial charge in [-0.15, -0.1) is 5.10 Å². The van der Waals surface area contributed by atoms with Crippen molar-refractivity contribution in [3.63, 3.8) is 0 Å². The van der Waals surface area contributed by atoms with Gasteiger partial charge >= 0.3 is 0 Å². The molecule has 3 aromatic rings. The van der Waals surface area contributed by atoms with E-state index in [-0.39, 0.29) is 6.54 Å². The molecule has 0 aliphatic carbocycles. The molecule has 2 heterocycles. The molecule has 1 aromatic heterocycles. The number of fused-ring (bicyclic) bond motifs is 1. The highest BCUT2D eigenvalue weighted by molar-refractivity contribution is 6.22. The smallest absolute Gasteiger partial charge is 0.262 e. The Morgan fingerprint density at radius 1 is 0.962 bits per heavy atom. The highest BCUT2D eigenvalue weighted by Crippen LogP contribution is 2.22. The molecule has 2 aromatic carbocycles. The number of amides is 3. The van der Waals surface area contributed by atoms with Gasteiger partial charge in [0.15, 0.2) is 0 Å². The number of benzene rings is 2. The maximum absolute atomic E-state index is 12.3. The van der Waals surface area contributed by atoms with Gasteiger partial charge in [0, 0.05) is 5.69 Å². The summed E-state index contributed by atoms with van der Waals surface area (Å²) < 4.78 is 1.48. The maximum atomic E-state index is 12.3. The normalized spacial score (nSPS) is 13.0. The van der Waals surface area contributed by atoms with Gasteiger partial charge in [-0.1, -0.05) is 12.1 Å². The van der Waals surface area contributed by atoms with E-state index in [0.29, 0.717) is 16.8 Å². The lowest BCUT2D eigenvalue weighted by Gasteiger charge is -2.13. The van der Waals surface area contributed by atoms with E-state index in [4.69, 9.17) is 0 Å². The number of imide groups is 1. The number of hydrogen-bond donors (Lipinski definition) is 1. The Balaban J connectivity index is 1.43. The molecule has 9 heteroatoms. The summed E-state index contributed by atoms with van der Waals surface area (Å²) in [5.74, 6) is -1.39. The number of nitrogens with one attached hydrogen (secondary N) is 1. The van der Waals surface area contributed by atoms with Crippen LogP contribution >= 0.6 is 0 Å². The average molecular weight is 348 g/mol. The number of nitrogens with zero attached hydrogens (tertiary/aromatic N) is 5. The van der Waals surface area contributed by atoms with Crippen molar-refractivity contribution in [2.24, 2.45) is 0 Å². The number of carbonyl (C=O) groups excluding carboxylic acids is 3.